The van der Waals surface area contributed by atoms with E-state index in [1.165, 1.54) is 18.2 Å². The lowest BCUT2D eigenvalue weighted by molar-refractivity contribution is -0.139. The van der Waals surface area contributed by atoms with Crippen molar-refractivity contribution in [3.05, 3.63) is 70.5 Å². The Hall–Kier alpha value is -1.91. The molecule has 20 heavy (non-hydrogen) atoms. The molecule has 1 unspecified atom stereocenters. The quantitative estimate of drug-likeness (QED) is 0.888. The molecule has 2 aromatic carbocycles. The number of benzene rings is 2. The van der Waals surface area contributed by atoms with E-state index in [0.29, 0.717) is 16.1 Å². The summed E-state index contributed by atoms with van der Waals surface area (Å²) < 4.78 is 13.6. The maximum Gasteiger partial charge on any atom is 0.325 e. The summed E-state index contributed by atoms with van der Waals surface area (Å²) in [5, 5.41) is 12.5. The monoisotopic (exact) mass is 293 g/mol. The van der Waals surface area contributed by atoms with Gasteiger partial charge < -0.3 is 5.11 Å². The molecule has 0 saturated heterocycles. The average molecular weight is 294 g/mol. The Morgan fingerprint density at radius 1 is 1.25 bits per heavy atom. The summed E-state index contributed by atoms with van der Waals surface area (Å²) in [6.07, 6.45) is 0. The second-order valence-electron chi connectivity index (χ2n) is 4.30. The highest BCUT2D eigenvalue weighted by molar-refractivity contribution is 6.30. The van der Waals surface area contributed by atoms with Gasteiger partial charge in [-0.1, -0.05) is 41.9 Å². The van der Waals surface area contributed by atoms with Gasteiger partial charge in [-0.3, -0.25) is 10.1 Å². The molecular weight excluding hydrogens is 281 g/mol. The second-order valence-corrected chi connectivity index (χ2v) is 4.74. The first-order chi connectivity index (χ1) is 9.58. The van der Waals surface area contributed by atoms with Crippen molar-refractivity contribution in [2.75, 3.05) is 0 Å². The molecule has 0 aliphatic rings. The molecule has 5 heteroatoms. The third kappa shape index (κ3) is 3.56. The normalized spacial score (nSPS) is 12.1. The average Bonchev–Trinajstić information content (AvgIpc) is 2.43. The van der Waals surface area contributed by atoms with E-state index >= 15 is 0 Å². The molecule has 3 nitrogen and oxygen atoms in total. The van der Waals surface area contributed by atoms with Gasteiger partial charge in [-0.15, -0.1) is 0 Å². The van der Waals surface area contributed by atoms with Gasteiger partial charge in [0.2, 0.25) is 0 Å². The lowest BCUT2D eigenvalue weighted by Crippen LogP contribution is -2.28. The molecule has 0 fully saturated rings. The molecule has 0 bridgehead atoms. The number of aliphatic carboxylic acids is 1. The van der Waals surface area contributed by atoms with Crippen LogP contribution < -0.4 is 5.32 Å². The molecule has 0 aliphatic heterocycles. The molecule has 0 heterocycles. The Balaban J connectivity index is 2.14. The van der Waals surface area contributed by atoms with Crippen LogP contribution in [0.15, 0.2) is 48.5 Å². The van der Waals surface area contributed by atoms with Crippen molar-refractivity contribution in [1.29, 1.82) is 0 Å². The molecule has 2 aromatic rings. The van der Waals surface area contributed by atoms with E-state index in [-0.39, 0.29) is 6.54 Å². The molecule has 2 N–H and O–H groups in total. The molecule has 104 valence electrons. The Morgan fingerprint density at radius 2 is 1.95 bits per heavy atom. The standard InChI is InChI=1S/C15H13ClFNO2/c16-12-6-7-13(17)11(8-12)9-18-14(15(19)20)10-4-2-1-3-5-10/h1-8,14,18H,9H2,(H,19,20). The highest BCUT2D eigenvalue weighted by atomic mass is 35.5. The molecule has 0 spiro atoms. The smallest absolute Gasteiger partial charge is 0.325 e. The van der Waals surface area contributed by atoms with Crippen LogP contribution in [0.5, 0.6) is 0 Å². The molecule has 0 saturated carbocycles. The summed E-state index contributed by atoms with van der Waals surface area (Å²) in [5.74, 6) is -1.43. The topological polar surface area (TPSA) is 49.3 Å². The summed E-state index contributed by atoms with van der Waals surface area (Å²) >= 11 is 5.80. The van der Waals surface area contributed by atoms with Gasteiger partial charge in [0, 0.05) is 17.1 Å². The van der Waals surface area contributed by atoms with Crippen LogP contribution in [0, 0.1) is 5.82 Å². The predicted octanol–water partition coefficient (Wildman–Crippen LogP) is 3.39. The van der Waals surface area contributed by atoms with Crippen LogP contribution in [-0.2, 0) is 11.3 Å². The van der Waals surface area contributed by atoms with Crippen molar-refractivity contribution in [2.45, 2.75) is 12.6 Å². The first kappa shape index (κ1) is 14.5. The lowest BCUT2D eigenvalue weighted by atomic mass is 10.1. The number of carboxylic acids is 1. The number of hydrogen-bond donors (Lipinski definition) is 2. The van der Waals surface area contributed by atoms with E-state index < -0.39 is 17.8 Å². The highest BCUT2D eigenvalue weighted by Crippen LogP contribution is 2.17. The van der Waals surface area contributed by atoms with Crippen molar-refractivity contribution in [3.8, 4) is 0 Å². The SMILES string of the molecule is O=C(O)C(NCc1cc(Cl)ccc1F)c1ccccc1. The molecular formula is C15H13ClFNO2. The first-order valence-electron chi connectivity index (χ1n) is 6.03. The van der Waals surface area contributed by atoms with Crippen LogP contribution in [0.4, 0.5) is 4.39 Å². The largest absolute Gasteiger partial charge is 0.480 e. The minimum absolute atomic E-state index is 0.0816. The maximum absolute atomic E-state index is 13.6. The third-order valence-electron chi connectivity index (χ3n) is 2.88. The zero-order valence-electron chi connectivity index (χ0n) is 10.5. The van der Waals surface area contributed by atoms with Crippen molar-refractivity contribution in [2.24, 2.45) is 0 Å². The fraction of sp³-hybridized carbons (Fsp3) is 0.133. The van der Waals surface area contributed by atoms with Crippen LogP contribution in [0.25, 0.3) is 0 Å². The number of nitrogens with one attached hydrogen (secondary N) is 1. The maximum atomic E-state index is 13.6. The number of carbonyl (C=O) groups is 1. The number of carboxylic acid groups (broad SMARTS) is 1. The molecule has 2 rings (SSSR count). The number of rotatable bonds is 5. The minimum Gasteiger partial charge on any atom is -0.480 e. The first-order valence-corrected chi connectivity index (χ1v) is 6.41. The zero-order chi connectivity index (χ0) is 14.5. The molecule has 0 radical (unpaired) electrons. The van der Waals surface area contributed by atoms with E-state index in [1.54, 1.807) is 30.3 Å². The van der Waals surface area contributed by atoms with Gasteiger partial charge in [0.25, 0.3) is 0 Å². The van der Waals surface area contributed by atoms with Gasteiger partial charge >= 0.3 is 5.97 Å². The van der Waals surface area contributed by atoms with Crippen molar-refractivity contribution < 1.29 is 14.3 Å². The minimum atomic E-state index is -1.02. The van der Waals surface area contributed by atoms with Crippen LogP contribution in [0.1, 0.15) is 17.2 Å². The molecule has 0 aliphatic carbocycles. The summed E-state index contributed by atoms with van der Waals surface area (Å²) in [4.78, 5) is 11.3. The fourth-order valence-electron chi connectivity index (χ4n) is 1.88. The van der Waals surface area contributed by atoms with E-state index in [9.17, 15) is 14.3 Å². The van der Waals surface area contributed by atoms with Gasteiger partial charge in [-0.25, -0.2) is 4.39 Å². The Bertz CT molecular complexity index is 604. The summed E-state index contributed by atoms with van der Waals surface area (Å²) in [6.45, 7) is 0.0816. The summed E-state index contributed by atoms with van der Waals surface area (Å²) in [6, 6.07) is 12.0. The van der Waals surface area contributed by atoms with Crippen LogP contribution in [-0.4, -0.2) is 11.1 Å². The van der Waals surface area contributed by atoms with Crippen LogP contribution in [0.3, 0.4) is 0 Å². The third-order valence-corrected chi connectivity index (χ3v) is 3.12. The Labute approximate surface area is 121 Å². The lowest BCUT2D eigenvalue weighted by Gasteiger charge is -2.15. The van der Waals surface area contributed by atoms with Gasteiger partial charge in [0.15, 0.2) is 0 Å². The van der Waals surface area contributed by atoms with E-state index in [2.05, 4.69) is 5.32 Å². The number of hydrogen-bond acceptors (Lipinski definition) is 2. The van der Waals surface area contributed by atoms with Crippen LogP contribution >= 0.6 is 11.6 Å². The Kier molecular flexibility index (Phi) is 4.71. The van der Waals surface area contributed by atoms with Gasteiger partial charge in [-0.2, -0.15) is 0 Å². The summed E-state index contributed by atoms with van der Waals surface area (Å²) in [5.41, 5.74) is 0.946. The molecule has 0 aromatic heterocycles. The van der Waals surface area contributed by atoms with Crippen molar-refractivity contribution in [1.82, 2.24) is 5.32 Å². The summed E-state index contributed by atoms with van der Waals surface area (Å²) in [7, 11) is 0. The second kappa shape index (κ2) is 6.50. The van der Waals surface area contributed by atoms with Crippen molar-refractivity contribution >= 4 is 17.6 Å². The fourth-order valence-corrected chi connectivity index (χ4v) is 2.08. The van der Waals surface area contributed by atoms with E-state index in [4.69, 9.17) is 11.6 Å². The predicted molar refractivity (Wildman–Crippen MR) is 75.1 cm³/mol. The van der Waals surface area contributed by atoms with Crippen molar-refractivity contribution in [3.63, 3.8) is 0 Å². The van der Waals surface area contributed by atoms with Crippen LogP contribution in [0.2, 0.25) is 5.02 Å². The number of halogens is 2. The van der Waals surface area contributed by atoms with E-state index in [1.807, 2.05) is 0 Å². The Morgan fingerprint density at radius 3 is 2.60 bits per heavy atom. The van der Waals surface area contributed by atoms with E-state index in [0.717, 1.165) is 0 Å². The molecule has 0 amide bonds. The van der Waals surface area contributed by atoms with Gasteiger partial charge in [-0.05, 0) is 23.8 Å². The zero-order valence-corrected chi connectivity index (χ0v) is 11.3. The van der Waals surface area contributed by atoms with Gasteiger partial charge in [0.1, 0.15) is 11.9 Å². The molecule has 1 atom stereocenters. The van der Waals surface area contributed by atoms with Gasteiger partial charge in [0.05, 0.1) is 0 Å². The highest BCUT2D eigenvalue weighted by Gasteiger charge is 2.19.